The number of hydrogen-bond acceptors (Lipinski definition) is 7. The highest BCUT2D eigenvalue weighted by Crippen LogP contribution is 2.35. The number of ether oxygens (including phenoxy) is 1. The number of nitrogens with zero attached hydrogens (tertiary/aromatic N) is 4. The van der Waals surface area contributed by atoms with E-state index in [1.807, 2.05) is 55.6 Å². The maximum absolute atomic E-state index is 9.16. The number of nitrogens with one attached hydrogen (secondary N) is 1. The Hall–Kier alpha value is -3.47. The van der Waals surface area contributed by atoms with Gasteiger partial charge in [0.2, 0.25) is 5.95 Å². The normalized spacial score (nSPS) is 13.8. The van der Waals surface area contributed by atoms with Gasteiger partial charge >= 0.3 is 0 Å². The van der Waals surface area contributed by atoms with Crippen LogP contribution >= 0.6 is 11.3 Å². The number of aromatic nitrogens is 2. The van der Waals surface area contributed by atoms with Crippen molar-refractivity contribution in [2.45, 2.75) is 19.8 Å². The van der Waals surface area contributed by atoms with Crippen molar-refractivity contribution in [3.63, 3.8) is 0 Å². The third-order valence-corrected chi connectivity index (χ3v) is 6.94. The van der Waals surface area contributed by atoms with Crippen LogP contribution in [0.1, 0.15) is 24.0 Å². The number of likely N-dealkylation sites (tertiary alicyclic amines) is 1. The number of rotatable bonds is 7. The molecule has 2 aromatic carbocycles. The fraction of sp³-hybridized carbons (Fsp3) is 0.269. The maximum Gasteiger partial charge on any atom is 0.227 e. The average Bonchev–Trinajstić information content (AvgIpc) is 3.50. The lowest BCUT2D eigenvalue weighted by Gasteiger charge is -2.15. The van der Waals surface area contributed by atoms with Crippen LogP contribution in [0.3, 0.4) is 0 Å². The number of anilines is 2. The molecule has 166 valence electrons. The lowest BCUT2D eigenvalue weighted by atomic mass is 10.1. The highest BCUT2D eigenvalue weighted by molar-refractivity contribution is 7.22. The van der Waals surface area contributed by atoms with Crippen molar-refractivity contribution in [1.29, 1.82) is 5.26 Å². The second kappa shape index (κ2) is 9.57. The van der Waals surface area contributed by atoms with Gasteiger partial charge in [0, 0.05) is 23.1 Å². The summed E-state index contributed by atoms with van der Waals surface area (Å²) in [5.74, 6) is 1.42. The molecule has 0 atom stereocenters. The molecule has 1 saturated heterocycles. The van der Waals surface area contributed by atoms with Crippen molar-refractivity contribution in [3.05, 3.63) is 65.9 Å². The second-order valence-corrected chi connectivity index (χ2v) is 9.33. The van der Waals surface area contributed by atoms with Gasteiger partial charge in [-0.05, 0) is 86.3 Å². The number of nitriles is 1. The summed E-state index contributed by atoms with van der Waals surface area (Å²) in [7, 11) is 0. The first-order valence-corrected chi connectivity index (χ1v) is 12.0. The zero-order chi connectivity index (χ0) is 22.6. The molecule has 33 heavy (non-hydrogen) atoms. The van der Waals surface area contributed by atoms with Crippen molar-refractivity contribution in [2.24, 2.45) is 0 Å². The lowest BCUT2D eigenvalue weighted by Crippen LogP contribution is -2.25. The van der Waals surface area contributed by atoms with E-state index in [4.69, 9.17) is 15.0 Å². The van der Waals surface area contributed by atoms with Crippen molar-refractivity contribution in [1.82, 2.24) is 14.9 Å². The number of aryl methyl sites for hydroxylation is 1. The Balaban J connectivity index is 1.27. The van der Waals surface area contributed by atoms with E-state index in [-0.39, 0.29) is 0 Å². The van der Waals surface area contributed by atoms with Crippen LogP contribution < -0.4 is 10.1 Å². The van der Waals surface area contributed by atoms with E-state index < -0.39 is 0 Å². The molecule has 0 saturated carbocycles. The summed E-state index contributed by atoms with van der Waals surface area (Å²) in [6, 6.07) is 18.0. The quantitative estimate of drug-likeness (QED) is 0.382. The standard InChI is InChI=1S/C26H25N5OS/c1-18-17-28-26(30-25(18)24-15-20-5-4-19(16-27)14-23(20)33-24)29-21-6-8-22(9-7-21)32-13-12-31-10-2-3-11-31/h4-9,14-15,17H,2-3,10-13H2,1H3,(H,28,29,30). The summed E-state index contributed by atoms with van der Waals surface area (Å²) in [6.07, 6.45) is 4.44. The van der Waals surface area contributed by atoms with Gasteiger partial charge in [-0.3, -0.25) is 4.90 Å². The maximum atomic E-state index is 9.16. The SMILES string of the molecule is Cc1cnc(Nc2ccc(OCCN3CCCC3)cc2)nc1-c1cc2ccc(C#N)cc2s1. The Morgan fingerprint density at radius 3 is 2.73 bits per heavy atom. The van der Waals surface area contributed by atoms with Crippen molar-refractivity contribution in [2.75, 3.05) is 31.6 Å². The van der Waals surface area contributed by atoms with Crippen molar-refractivity contribution < 1.29 is 4.74 Å². The molecule has 1 N–H and O–H groups in total. The Morgan fingerprint density at radius 1 is 1.12 bits per heavy atom. The average molecular weight is 456 g/mol. The number of thiophene rings is 1. The Kier molecular flexibility index (Phi) is 6.20. The molecule has 2 aromatic heterocycles. The van der Waals surface area contributed by atoms with Gasteiger partial charge in [0.1, 0.15) is 12.4 Å². The molecule has 5 rings (SSSR count). The minimum absolute atomic E-state index is 0.550. The van der Waals surface area contributed by atoms with Gasteiger partial charge in [0.15, 0.2) is 0 Å². The van der Waals surface area contributed by atoms with Crippen molar-refractivity contribution in [3.8, 4) is 22.4 Å². The molecule has 0 spiro atoms. The number of hydrogen-bond donors (Lipinski definition) is 1. The van der Waals surface area contributed by atoms with Crippen LogP contribution in [0.2, 0.25) is 0 Å². The van der Waals surface area contributed by atoms with Gasteiger partial charge in [-0.2, -0.15) is 5.26 Å². The largest absolute Gasteiger partial charge is 0.492 e. The van der Waals surface area contributed by atoms with E-state index in [1.165, 1.54) is 25.9 Å². The monoisotopic (exact) mass is 455 g/mol. The van der Waals surface area contributed by atoms with E-state index in [9.17, 15) is 0 Å². The Bertz CT molecular complexity index is 1300. The summed E-state index contributed by atoms with van der Waals surface area (Å²) in [5.41, 5.74) is 3.48. The van der Waals surface area contributed by atoms with E-state index in [2.05, 4.69) is 27.3 Å². The van der Waals surface area contributed by atoms with Gasteiger partial charge in [-0.1, -0.05) is 6.07 Å². The summed E-state index contributed by atoms with van der Waals surface area (Å²) >= 11 is 1.64. The molecule has 1 fully saturated rings. The van der Waals surface area contributed by atoms with Crippen molar-refractivity contribution >= 4 is 33.1 Å². The first kappa shape index (κ1) is 21.4. The zero-order valence-electron chi connectivity index (χ0n) is 18.5. The predicted molar refractivity (Wildman–Crippen MR) is 133 cm³/mol. The second-order valence-electron chi connectivity index (χ2n) is 8.25. The molecule has 0 amide bonds. The highest BCUT2D eigenvalue weighted by Gasteiger charge is 2.12. The smallest absolute Gasteiger partial charge is 0.227 e. The molecular weight excluding hydrogens is 430 g/mol. The molecule has 3 heterocycles. The van der Waals surface area contributed by atoms with Crippen LogP contribution in [0.5, 0.6) is 5.75 Å². The summed E-state index contributed by atoms with van der Waals surface area (Å²) in [5, 5.41) is 13.6. The number of benzene rings is 2. The summed E-state index contributed by atoms with van der Waals surface area (Å²) in [6.45, 7) is 6.08. The van der Waals surface area contributed by atoms with Crippen LogP contribution in [-0.2, 0) is 0 Å². The first-order chi connectivity index (χ1) is 16.2. The first-order valence-electron chi connectivity index (χ1n) is 11.2. The minimum atomic E-state index is 0.550. The van der Waals surface area contributed by atoms with Gasteiger partial charge in [0.05, 0.1) is 22.2 Å². The van der Waals surface area contributed by atoms with Crippen LogP contribution in [0.25, 0.3) is 20.7 Å². The van der Waals surface area contributed by atoms with Crippen LogP contribution in [0, 0.1) is 18.3 Å². The number of fused-ring (bicyclic) bond motifs is 1. The molecule has 0 bridgehead atoms. The summed E-state index contributed by atoms with van der Waals surface area (Å²) < 4.78 is 6.97. The Morgan fingerprint density at radius 2 is 1.94 bits per heavy atom. The fourth-order valence-corrected chi connectivity index (χ4v) is 5.19. The van der Waals surface area contributed by atoms with Gasteiger partial charge in [0.25, 0.3) is 0 Å². The summed E-state index contributed by atoms with van der Waals surface area (Å²) in [4.78, 5) is 12.7. The van der Waals surface area contributed by atoms with Gasteiger partial charge in [-0.15, -0.1) is 11.3 Å². The third-order valence-electron chi connectivity index (χ3n) is 5.84. The molecule has 6 nitrogen and oxygen atoms in total. The van der Waals surface area contributed by atoms with Crippen LogP contribution in [0.15, 0.2) is 54.7 Å². The van der Waals surface area contributed by atoms with Gasteiger partial charge < -0.3 is 10.1 Å². The van der Waals surface area contributed by atoms with E-state index >= 15 is 0 Å². The van der Waals surface area contributed by atoms with E-state index in [0.717, 1.165) is 44.2 Å². The van der Waals surface area contributed by atoms with Gasteiger partial charge in [-0.25, -0.2) is 9.97 Å². The molecular formula is C26H25N5OS. The molecule has 0 aliphatic carbocycles. The van der Waals surface area contributed by atoms with E-state index in [0.29, 0.717) is 18.1 Å². The zero-order valence-corrected chi connectivity index (χ0v) is 19.4. The molecule has 1 aliphatic heterocycles. The highest BCUT2D eigenvalue weighted by atomic mass is 32.1. The van der Waals surface area contributed by atoms with Crippen LogP contribution in [-0.4, -0.2) is 41.1 Å². The molecule has 4 aromatic rings. The fourth-order valence-electron chi connectivity index (χ4n) is 4.03. The third kappa shape index (κ3) is 4.98. The van der Waals surface area contributed by atoms with Crippen LogP contribution in [0.4, 0.5) is 11.6 Å². The molecule has 0 unspecified atom stereocenters. The minimum Gasteiger partial charge on any atom is -0.492 e. The Labute approximate surface area is 197 Å². The molecule has 1 aliphatic rings. The molecule has 7 heteroatoms. The predicted octanol–water partition coefficient (Wildman–Crippen LogP) is 5.76. The molecule has 0 radical (unpaired) electrons. The van der Waals surface area contributed by atoms with E-state index in [1.54, 1.807) is 11.3 Å². The lowest BCUT2D eigenvalue weighted by molar-refractivity contribution is 0.238. The topological polar surface area (TPSA) is 74.1 Å².